The van der Waals surface area contributed by atoms with E-state index in [-0.39, 0.29) is 5.75 Å². The number of hydrogen-bond donors (Lipinski definition) is 1. The van der Waals surface area contributed by atoms with Crippen LogP contribution < -0.4 is 5.73 Å². The van der Waals surface area contributed by atoms with Gasteiger partial charge in [-0.25, -0.2) is 4.98 Å². The first-order valence-corrected chi connectivity index (χ1v) is 8.09. The molecule has 1 atom stereocenters. The predicted octanol–water partition coefficient (Wildman–Crippen LogP) is 4.02. The van der Waals surface area contributed by atoms with Crippen molar-refractivity contribution in [1.29, 1.82) is 0 Å². The Kier molecular flexibility index (Phi) is 3.89. The second-order valence-electron chi connectivity index (χ2n) is 4.40. The third-order valence-corrected chi connectivity index (χ3v) is 4.86. The molecule has 2 N–H and O–H groups in total. The number of benzene rings is 2. The lowest BCUT2D eigenvalue weighted by Gasteiger charge is -2.03. The summed E-state index contributed by atoms with van der Waals surface area (Å²) in [5.41, 5.74) is 7.51. The largest absolute Gasteiger partial charge is 0.440 e. The van der Waals surface area contributed by atoms with Crippen LogP contribution in [0.2, 0.25) is 10.0 Å². The van der Waals surface area contributed by atoms with Crippen molar-refractivity contribution in [3.63, 3.8) is 0 Å². The van der Waals surface area contributed by atoms with Crippen molar-refractivity contribution < 1.29 is 8.63 Å². The van der Waals surface area contributed by atoms with Gasteiger partial charge in [-0.15, -0.1) is 0 Å². The summed E-state index contributed by atoms with van der Waals surface area (Å²) in [6, 6.07) is 10.0. The molecule has 0 amide bonds. The summed E-state index contributed by atoms with van der Waals surface area (Å²) in [5.74, 6) is 0.485. The van der Waals surface area contributed by atoms with Crippen molar-refractivity contribution in [2.24, 2.45) is 0 Å². The van der Waals surface area contributed by atoms with E-state index in [1.807, 2.05) is 0 Å². The highest BCUT2D eigenvalue weighted by molar-refractivity contribution is 7.84. The molecule has 3 rings (SSSR count). The van der Waals surface area contributed by atoms with Gasteiger partial charge in [-0.1, -0.05) is 23.2 Å². The summed E-state index contributed by atoms with van der Waals surface area (Å²) in [7, 11) is -1.39. The van der Waals surface area contributed by atoms with Crippen LogP contribution >= 0.6 is 23.2 Å². The van der Waals surface area contributed by atoms with Gasteiger partial charge in [0.05, 0.1) is 20.7 Å². The molecule has 21 heavy (non-hydrogen) atoms. The molecule has 4 nitrogen and oxygen atoms in total. The molecule has 0 fully saturated rings. The Labute approximate surface area is 133 Å². The summed E-state index contributed by atoms with van der Waals surface area (Å²) in [5, 5.41) is 0.881. The van der Waals surface area contributed by atoms with E-state index in [1.54, 1.807) is 36.4 Å². The second kappa shape index (κ2) is 5.67. The monoisotopic (exact) mass is 340 g/mol. The maximum atomic E-state index is 12.4. The van der Waals surface area contributed by atoms with Gasteiger partial charge in [0.1, 0.15) is 11.3 Å². The molecule has 0 saturated heterocycles. The average Bonchev–Trinajstić information content (AvgIpc) is 2.82. The molecule has 1 unspecified atom stereocenters. The number of anilines is 1. The number of fused-ring (bicyclic) bond motifs is 1. The first kappa shape index (κ1) is 14.4. The zero-order valence-electron chi connectivity index (χ0n) is 10.7. The lowest BCUT2D eigenvalue weighted by molar-refractivity contribution is 0.552. The number of rotatable bonds is 3. The number of halogens is 2. The maximum absolute atomic E-state index is 12.4. The van der Waals surface area contributed by atoms with Crippen molar-refractivity contribution in [1.82, 2.24) is 4.98 Å². The van der Waals surface area contributed by atoms with Gasteiger partial charge in [0.15, 0.2) is 5.58 Å². The van der Waals surface area contributed by atoms with Crippen LogP contribution in [0.25, 0.3) is 11.1 Å². The summed E-state index contributed by atoms with van der Waals surface area (Å²) >= 11 is 11.9. The van der Waals surface area contributed by atoms with Crippen LogP contribution in [0.5, 0.6) is 0 Å². The molecular weight excluding hydrogens is 331 g/mol. The second-order valence-corrected chi connectivity index (χ2v) is 6.66. The molecule has 0 bridgehead atoms. The van der Waals surface area contributed by atoms with Gasteiger partial charge < -0.3 is 10.2 Å². The normalized spacial score (nSPS) is 12.7. The van der Waals surface area contributed by atoms with Gasteiger partial charge in [0.25, 0.3) is 0 Å². The molecule has 1 aromatic heterocycles. The number of aromatic nitrogens is 1. The fraction of sp³-hybridized carbons (Fsp3) is 0.0714. The molecule has 108 valence electrons. The highest BCUT2D eigenvalue weighted by atomic mass is 35.5. The van der Waals surface area contributed by atoms with Crippen molar-refractivity contribution >= 4 is 50.8 Å². The lowest BCUT2D eigenvalue weighted by atomic mass is 10.3. The van der Waals surface area contributed by atoms with E-state index in [2.05, 4.69) is 4.98 Å². The maximum Gasteiger partial charge on any atom is 0.208 e. The quantitative estimate of drug-likeness (QED) is 0.731. The average molecular weight is 341 g/mol. The Morgan fingerprint density at radius 2 is 2.00 bits per heavy atom. The third-order valence-electron chi connectivity index (χ3n) is 2.85. The van der Waals surface area contributed by atoms with Gasteiger partial charge in [0, 0.05) is 16.8 Å². The van der Waals surface area contributed by atoms with Crippen molar-refractivity contribution in [3.05, 3.63) is 52.3 Å². The number of nitrogens with two attached hydrogens (primary N) is 1. The third kappa shape index (κ3) is 3.05. The zero-order valence-corrected chi connectivity index (χ0v) is 13.0. The van der Waals surface area contributed by atoms with Crippen LogP contribution in [0, 0.1) is 0 Å². The minimum Gasteiger partial charge on any atom is -0.440 e. The highest BCUT2D eigenvalue weighted by Gasteiger charge is 2.14. The SMILES string of the molecule is Nc1ccc2nc(CS(=O)c3cc(Cl)ccc3Cl)oc2c1. The number of hydrogen-bond acceptors (Lipinski definition) is 4. The Hall–Kier alpha value is -1.56. The van der Waals surface area contributed by atoms with E-state index < -0.39 is 10.8 Å². The van der Waals surface area contributed by atoms with Crippen LogP contribution in [0.4, 0.5) is 5.69 Å². The van der Waals surface area contributed by atoms with Crippen LogP contribution in [-0.4, -0.2) is 9.19 Å². The first-order chi connectivity index (χ1) is 10.0. The molecule has 3 aromatic rings. The molecule has 2 aromatic carbocycles. The van der Waals surface area contributed by atoms with E-state index in [4.69, 9.17) is 33.4 Å². The molecule has 7 heteroatoms. The number of nitrogens with zero attached hydrogens (tertiary/aromatic N) is 1. The standard InChI is InChI=1S/C14H10Cl2N2O2S/c15-8-1-3-10(16)13(5-8)21(19)7-14-18-11-4-2-9(17)6-12(11)20-14/h1-6H,7,17H2. The summed E-state index contributed by atoms with van der Waals surface area (Å²) in [4.78, 5) is 4.74. The predicted molar refractivity (Wildman–Crippen MR) is 85.0 cm³/mol. The van der Waals surface area contributed by atoms with Gasteiger partial charge in [-0.05, 0) is 30.3 Å². The Bertz CT molecular complexity index is 848. The van der Waals surface area contributed by atoms with E-state index >= 15 is 0 Å². The Morgan fingerprint density at radius 3 is 2.81 bits per heavy atom. The first-order valence-electron chi connectivity index (χ1n) is 6.01. The fourth-order valence-electron chi connectivity index (χ4n) is 1.89. The molecule has 0 radical (unpaired) electrons. The molecule has 0 spiro atoms. The number of nitrogen functional groups attached to an aromatic ring is 1. The molecule has 0 aliphatic rings. The van der Waals surface area contributed by atoms with Crippen molar-refractivity contribution in [3.8, 4) is 0 Å². The molecular formula is C14H10Cl2N2O2S. The molecule has 0 aliphatic carbocycles. The zero-order chi connectivity index (χ0) is 15.0. The minimum absolute atomic E-state index is 0.120. The number of oxazole rings is 1. The van der Waals surface area contributed by atoms with Gasteiger partial charge in [-0.3, -0.25) is 4.21 Å². The molecule has 0 saturated carbocycles. The highest BCUT2D eigenvalue weighted by Crippen LogP contribution is 2.26. The summed E-state index contributed by atoms with van der Waals surface area (Å²) in [6.07, 6.45) is 0. The van der Waals surface area contributed by atoms with Gasteiger partial charge in [0.2, 0.25) is 5.89 Å². The molecule has 1 heterocycles. The Balaban J connectivity index is 1.90. The topological polar surface area (TPSA) is 69.1 Å². The van der Waals surface area contributed by atoms with Crippen molar-refractivity contribution in [2.45, 2.75) is 10.6 Å². The van der Waals surface area contributed by atoms with E-state index in [0.29, 0.717) is 37.6 Å². The van der Waals surface area contributed by atoms with Crippen molar-refractivity contribution in [2.75, 3.05) is 5.73 Å². The van der Waals surface area contributed by atoms with Gasteiger partial charge >= 0.3 is 0 Å². The smallest absolute Gasteiger partial charge is 0.208 e. The van der Waals surface area contributed by atoms with E-state index in [1.165, 1.54) is 0 Å². The van der Waals surface area contributed by atoms with Crippen LogP contribution in [0.15, 0.2) is 45.7 Å². The fourth-order valence-corrected chi connectivity index (χ4v) is 3.55. The van der Waals surface area contributed by atoms with E-state index in [0.717, 1.165) is 0 Å². The minimum atomic E-state index is -1.39. The van der Waals surface area contributed by atoms with Crippen LogP contribution in [-0.2, 0) is 16.6 Å². The van der Waals surface area contributed by atoms with E-state index in [9.17, 15) is 4.21 Å². The lowest BCUT2D eigenvalue weighted by Crippen LogP contribution is -1.97. The summed E-state index contributed by atoms with van der Waals surface area (Å²) in [6.45, 7) is 0. The summed E-state index contributed by atoms with van der Waals surface area (Å²) < 4.78 is 17.9. The van der Waals surface area contributed by atoms with Crippen LogP contribution in [0.3, 0.4) is 0 Å². The molecule has 0 aliphatic heterocycles. The van der Waals surface area contributed by atoms with Crippen LogP contribution in [0.1, 0.15) is 5.89 Å². The Morgan fingerprint density at radius 1 is 1.19 bits per heavy atom. The van der Waals surface area contributed by atoms with Gasteiger partial charge in [-0.2, -0.15) is 0 Å².